The fraction of sp³-hybridized carbons (Fsp3) is 0.667. The summed E-state index contributed by atoms with van der Waals surface area (Å²) in [6, 6.07) is 1.49. The lowest BCUT2D eigenvalue weighted by Crippen LogP contribution is -2.45. The number of carbonyl (C=O) groups is 1. The maximum atomic E-state index is 12.2. The third-order valence-electron chi connectivity index (χ3n) is 3.94. The molecule has 0 bridgehead atoms. The molecule has 1 aromatic heterocycles. The van der Waals surface area contributed by atoms with E-state index in [1.165, 1.54) is 9.75 Å². The summed E-state index contributed by atoms with van der Waals surface area (Å²) in [4.78, 5) is 14.6. The summed E-state index contributed by atoms with van der Waals surface area (Å²) in [5.74, 6) is 0.461. The van der Waals surface area contributed by atoms with Crippen molar-refractivity contribution in [2.45, 2.75) is 46.2 Å². The first-order valence-electron chi connectivity index (χ1n) is 7.52. The fourth-order valence-corrected chi connectivity index (χ4v) is 5.49. The van der Waals surface area contributed by atoms with E-state index in [0.29, 0.717) is 6.42 Å². The second-order valence-electron chi connectivity index (χ2n) is 6.31. The molecule has 0 aromatic carbocycles. The monoisotopic (exact) mass is 344 g/mol. The van der Waals surface area contributed by atoms with Crippen LogP contribution in [-0.2, 0) is 9.84 Å². The highest BCUT2D eigenvalue weighted by molar-refractivity contribution is 7.91. The summed E-state index contributed by atoms with van der Waals surface area (Å²) in [6.45, 7) is 8.25. The zero-order chi connectivity index (χ0) is 16.5. The van der Waals surface area contributed by atoms with E-state index >= 15 is 0 Å². The summed E-state index contributed by atoms with van der Waals surface area (Å²) >= 11 is 1.72. The first kappa shape index (κ1) is 17.3. The number of aryl methyl sites for hydroxylation is 2. The Morgan fingerprint density at radius 1 is 1.36 bits per heavy atom. The molecule has 1 fully saturated rings. The van der Waals surface area contributed by atoms with Crippen LogP contribution in [0, 0.1) is 19.8 Å². The number of hydrogen-bond donors (Lipinski definition) is 2. The highest BCUT2D eigenvalue weighted by atomic mass is 32.2. The lowest BCUT2D eigenvalue weighted by Gasteiger charge is -2.24. The van der Waals surface area contributed by atoms with Gasteiger partial charge in [0.05, 0.1) is 17.5 Å². The van der Waals surface area contributed by atoms with Gasteiger partial charge in [-0.3, -0.25) is 0 Å². The predicted molar refractivity (Wildman–Crippen MR) is 90.1 cm³/mol. The third-order valence-corrected chi connectivity index (χ3v) is 6.69. The molecule has 0 spiro atoms. The Hall–Kier alpha value is -1.08. The summed E-state index contributed by atoms with van der Waals surface area (Å²) in [5.41, 5.74) is 1.15. The van der Waals surface area contributed by atoms with Gasteiger partial charge in [0.25, 0.3) is 0 Å². The van der Waals surface area contributed by atoms with E-state index in [4.69, 9.17) is 0 Å². The van der Waals surface area contributed by atoms with Gasteiger partial charge in [-0.15, -0.1) is 11.3 Å². The molecule has 5 nitrogen and oxygen atoms in total. The number of rotatable bonds is 4. The summed E-state index contributed by atoms with van der Waals surface area (Å²) in [6.07, 6.45) is 0.499. The van der Waals surface area contributed by atoms with E-state index in [1.807, 2.05) is 0 Å². The Kier molecular flexibility index (Phi) is 5.17. The van der Waals surface area contributed by atoms with Crippen LogP contribution >= 0.6 is 11.3 Å². The summed E-state index contributed by atoms with van der Waals surface area (Å²) in [7, 11) is -2.98. The molecular formula is C15H24N2O3S2. The van der Waals surface area contributed by atoms with Crippen LogP contribution in [0.4, 0.5) is 4.79 Å². The SMILES string of the molecule is Cc1cc([C@@H](NC(=O)N[C@H]2CCS(=O)(=O)C2)C(C)C)c(C)s1. The van der Waals surface area contributed by atoms with Gasteiger partial charge in [-0.25, -0.2) is 13.2 Å². The molecule has 0 radical (unpaired) electrons. The molecule has 0 aliphatic carbocycles. The zero-order valence-corrected chi connectivity index (χ0v) is 15.1. The van der Waals surface area contributed by atoms with Gasteiger partial charge in [-0.05, 0) is 37.8 Å². The highest BCUT2D eigenvalue weighted by Gasteiger charge is 2.30. The number of amides is 2. The van der Waals surface area contributed by atoms with Gasteiger partial charge in [0.2, 0.25) is 0 Å². The number of carbonyl (C=O) groups excluding carboxylic acids is 1. The number of nitrogens with one attached hydrogen (secondary N) is 2. The molecule has 1 aliphatic heterocycles. The Morgan fingerprint density at radius 3 is 2.50 bits per heavy atom. The van der Waals surface area contributed by atoms with Gasteiger partial charge in [-0.1, -0.05) is 13.8 Å². The molecular weight excluding hydrogens is 320 g/mol. The van der Waals surface area contributed by atoms with E-state index < -0.39 is 9.84 Å². The van der Waals surface area contributed by atoms with Gasteiger partial charge in [0.15, 0.2) is 9.84 Å². The van der Waals surface area contributed by atoms with Gasteiger partial charge in [0, 0.05) is 15.8 Å². The van der Waals surface area contributed by atoms with Crippen molar-refractivity contribution in [3.8, 4) is 0 Å². The predicted octanol–water partition coefficient (Wildman–Crippen LogP) is 2.55. The van der Waals surface area contributed by atoms with Crippen molar-refractivity contribution in [1.29, 1.82) is 0 Å². The van der Waals surface area contributed by atoms with Crippen molar-refractivity contribution < 1.29 is 13.2 Å². The largest absolute Gasteiger partial charge is 0.334 e. The van der Waals surface area contributed by atoms with Crippen LogP contribution < -0.4 is 10.6 Å². The molecule has 1 aliphatic rings. The number of thiophene rings is 1. The maximum Gasteiger partial charge on any atom is 0.315 e. The average Bonchev–Trinajstić information content (AvgIpc) is 2.88. The first-order valence-corrected chi connectivity index (χ1v) is 10.2. The molecule has 1 aromatic rings. The van der Waals surface area contributed by atoms with E-state index in [0.717, 1.165) is 5.56 Å². The van der Waals surface area contributed by atoms with E-state index in [-0.39, 0.29) is 35.5 Å². The van der Waals surface area contributed by atoms with Gasteiger partial charge in [0.1, 0.15) is 0 Å². The van der Waals surface area contributed by atoms with Crippen LogP contribution in [0.15, 0.2) is 6.07 Å². The number of hydrogen-bond acceptors (Lipinski definition) is 4. The normalized spacial score (nSPS) is 21.8. The minimum Gasteiger partial charge on any atom is -0.334 e. The zero-order valence-electron chi connectivity index (χ0n) is 13.5. The number of sulfone groups is 1. The molecule has 2 heterocycles. The van der Waals surface area contributed by atoms with Crippen LogP contribution in [0.5, 0.6) is 0 Å². The van der Waals surface area contributed by atoms with Crippen molar-refractivity contribution in [2.75, 3.05) is 11.5 Å². The standard InChI is InChI=1S/C15H24N2O3S2/c1-9(2)14(13-7-10(3)21-11(13)4)17-15(18)16-12-5-6-22(19,20)8-12/h7,9,12,14H,5-6,8H2,1-4H3,(H2,16,17,18)/t12-,14-/m0/s1. The Labute approximate surface area is 136 Å². The van der Waals surface area contributed by atoms with Crippen LogP contribution in [0.2, 0.25) is 0 Å². The molecule has 0 unspecified atom stereocenters. The van der Waals surface area contributed by atoms with E-state index in [1.54, 1.807) is 11.3 Å². The van der Waals surface area contributed by atoms with Gasteiger partial charge < -0.3 is 10.6 Å². The summed E-state index contributed by atoms with van der Waals surface area (Å²) in [5, 5.41) is 5.79. The molecule has 2 N–H and O–H groups in total. The molecule has 22 heavy (non-hydrogen) atoms. The molecule has 0 saturated carbocycles. The van der Waals surface area contributed by atoms with Crippen LogP contribution in [0.3, 0.4) is 0 Å². The lowest BCUT2D eigenvalue weighted by molar-refractivity contribution is 0.230. The topological polar surface area (TPSA) is 75.3 Å². The van der Waals surface area contributed by atoms with Crippen molar-refractivity contribution >= 4 is 27.2 Å². The lowest BCUT2D eigenvalue weighted by atomic mass is 9.96. The van der Waals surface area contributed by atoms with Crippen molar-refractivity contribution in [1.82, 2.24) is 10.6 Å². The molecule has 2 rings (SSSR count). The molecule has 7 heteroatoms. The van der Waals surface area contributed by atoms with Crippen LogP contribution in [-0.4, -0.2) is 32.0 Å². The number of urea groups is 1. The molecule has 2 atom stereocenters. The van der Waals surface area contributed by atoms with Crippen molar-refractivity contribution in [2.24, 2.45) is 5.92 Å². The Morgan fingerprint density at radius 2 is 2.05 bits per heavy atom. The third kappa shape index (κ3) is 4.23. The highest BCUT2D eigenvalue weighted by Crippen LogP contribution is 2.30. The second kappa shape index (κ2) is 6.58. The summed E-state index contributed by atoms with van der Waals surface area (Å²) < 4.78 is 22.9. The molecule has 2 amide bonds. The average molecular weight is 345 g/mol. The van der Waals surface area contributed by atoms with Gasteiger partial charge >= 0.3 is 6.03 Å². The molecule has 124 valence electrons. The van der Waals surface area contributed by atoms with Crippen molar-refractivity contribution in [3.05, 3.63) is 21.4 Å². The quantitative estimate of drug-likeness (QED) is 0.881. The van der Waals surface area contributed by atoms with Gasteiger partial charge in [-0.2, -0.15) is 0 Å². The van der Waals surface area contributed by atoms with Crippen molar-refractivity contribution in [3.63, 3.8) is 0 Å². The fourth-order valence-electron chi connectivity index (χ4n) is 2.84. The minimum atomic E-state index is -2.98. The van der Waals surface area contributed by atoms with E-state index in [2.05, 4.69) is 44.4 Å². The minimum absolute atomic E-state index is 0.0450. The second-order valence-corrected chi connectivity index (χ2v) is 10.00. The van der Waals surface area contributed by atoms with Crippen LogP contribution in [0.25, 0.3) is 0 Å². The maximum absolute atomic E-state index is 12.2. The van der Waals surface area contributed by atoms with E-state index in [9.17, 15) is 13.2 Å². The Bertz CT molecular complexity index is 650. The molecule has 1 saturated heterocycles. The smallest absolute Gasteiger partial charge is 0.315 e. The first-order chi connectivity index (χ1) is 10.2. The van der Waals surface area contributed by atoms with Crippen LogP contribution in [0.1, 0.15) is 41.6 Å². The Balaban J connectivity index is 2.02.